The van der Waals surface area contributed by atoms with Crippen molar-refractivity contribution in [2.75, 3.05) is 19.6 Å². The first-order chi connectivity index (χ1) is 10.8. The van der Waals surface area contributed by atoms with E-state index in [1.165, 1.54) is 4.90 Å². The van der Waals surface area contributed by atoms with Crippen molar-refractivity contribution < 1.29 is 26.8 Å². The molecule has 0 spiro atoms. The highest BCUT2D eigenvalue weighted by Gasteiger charge is 2.49. The molecule has 3 aliphatic heterocycles. The van der Waals surface area contributed by atoms with Gasteiger partial charge < -0.3 is 15.5 Å². The van der Waals surface area contributed by atoms with Gasteiger partial charge in [-0.05, 0) is 32.2 Å². The first-order valence-corrected chi connectivity index (χ1v) is 8.99. The normalized spacial score (nSPS) is 31.3. The molecule has 3 heterocycles. The Balaban J connectivity index is 1.64. The van der Waals surface area contributed by atoms with Crippen LogP contribution < -0.4 is 10.6 Å². The fourth-order valence-electron chi connectivity index (χ4n) is 3.38. The maximum absolute atomic E-state index is 12.4. The number of piperidine rings is 2. The van der Waals surface area contributed by atoms with Gasteiger partial charge in [0.1, 0.15) is 6.04 Å². The number of amides is 3. The molecule has 0 aromatic rings. The highest BCUT2D eigenvalue weighted by atomic mass is 32.3. The molecule has 3 N–H and O–H groups in total. The second-order valence-electron chi connectivity index (χ2n) is 6.06. The number of hydrogen-bond acceptors (Lipinski definition) is 6. The van der Waals surface area contributed by atoms with E-state index in [-0.39, 0.29) is 18.5 Å². The van der Waals surface area contributed by atoms with Gasteiger partial charge in [0.2, 0.25) is 5.91 Å². The molecule has 3 atom stereocenters. The van der Waals surface area contributed by atoms with Gasteiger partial charge in [0, 0.05) is 19.1 Å². The lowest BCUT2D eigenvalue weighted by Gasteiger charge is -2.32. The number of carbonyl (C=O) groups excluding carboxylic acids is 2. The van der Waals surface area contributed by atoms with Gasteiger partial charge in [-0.1, -0.05) is 0 Å². The van der Waals surface area contributed by atoms with Crippen molar-refractivity contribution in [1.29, 1.82) is 0 Å². The molecule has 0 aliphatic carbocycles. The van der Waals surface area contributed by atoms with E-state index in [9.17, 15) is 18.0 Å². The van der Waals surface area contributed by atoms with Crippen molar-refractivity contribution in [2.45, 2.75) is 43.8 Å². The molecule has 0 aromatic carbocycles. The van der Waals surface area contributed by atoms with E-state index >= 15 is 0 Å². The van der Waals surface area contributed by atoms with Gasteiger partial charge in [-0.25, -0.2) is 4.79 Å². The van der Waals surface area contributed by atoms with Crippen molar-refractivity contribution >= 4 is 22.3 Å². The quantitative estimate of drug-likeness (QED) is 0.548. The van der Waals surface area contributed by atoms with Crippen molar-refractivity contribution in [3.63, 3.8) is 0 Å². The summed E-state index contributed by atoms with van der Waals surface area (Å²) in [6.45, 7) is 1.84. The average Bonchev–Trinajstić information content (AvgIpc) is 2.72. The van der Waals surface area contributed by atoms with E-state index in [1.54, 1.807) is 0 Å². The minimum atomic E-state index is -4.77. The maximum Gasteiger partial charge on any atom is 0.418 e. The lowest BCUT2D eigenvalue weighted by molar-refractivity contribution is -0.126. The highest BCUT2D eigenvalue weighted by molar-refractivity contribution is 7.80. The Hall–Kier alpha value is -1.43. The summed E-state index contributed by atoms with van der Waals surface area (Å²) in [6.07, 6.45) is 2.73. The number of carbonyl (C=O) groups is 2. The van der Waals surface area contributed by atoms with Crippen LogP contribution in [0.15, 0.2) is 0 Å². The summed E-state index contributed by atoms with van der Waals surface area (Å²) in [5.74, 6) is -0.237. The van der Waals surface area contributed by atoms with Crippen LogP contribution in [0.4, 0.5) is 4.79 Å². The van der Waals surface area contributed by atoms with Crippen LogP contribution in [-0.4, -0.2) is 72.6 Å². The summed E-state index contributed by atoms with van der Waals surface area (Å²) in [5.41, 5.74) is 0. The van der Waals surface area contributed by atoms with E-state index in [1.807, 2.05) is 0 Å². The van der Waals surface area contributed by atoms with E-state index in [4.69, 9.17) is 4.55 Å². The van der Waals surface area contributed by atoms with Crippen LogP contribution in [0.2, 0.25) is 0 Å². The lowest BCUT2D eigenvalue weighted by Crippen LogP contribution is -2.54. The number of rotatable bonds is 4. The van der Waals surface area contributed by atoms with Gasteiger partial charge in [0.15, 0.2) is 0 Å². The smallest absolute Gasteiger partial charge is 0.350 e. The summed E-state index contributed by atoms with van der Waals surface area (Å²) < 4.78 is 34.8. The van der Waals surface area contributed by atoms with Crippen molar-refractivity contribution in [3.8, 4) is 0 Å². The molecule has 3 amide bonds. The molecule has 3 fully saturated rings. The molecule has 11 heteroatoms. The molecule has 0 aromatic heterocycles. The third kappa shape index (κ3) is 3.57. The van der Waals surface area contributed by atoms with Crippen LogP contribution in [0.3, 0.4) is 0 Å². The molecular formula is C12H20N4O6S. The van der Waals surface area contributed by atoms with Gasteiger partial charge in [-0.3, -0.25) is 9.35 Å². The van der Waals surface area contributed by atoms with Gasteiger partial charge >= 0.3 is 16.4 Å². The predicted octanol–water partition coefficient (Wildman–Crippen LogP) is -1.14. The van der Waals surface area contributed by atoms with Crippen LogP contribution >= 0.6 is 0 Å². The Morgan fingerprint density at radius 1 is 1.35 bits per heavy atom. The molecular weight excluding hydrogens is 328 g/mol. The van der Waals surface area contributed by atoms with Crippen molar-refractivity contribution in [2.24, 2.45) is 0 Å². The van der Waals surface area contributed by atoms with Gasteiger partial charge in [0.25, 0.3) is 0 Å². The van der Waals surface area contributed by atoms with Gasteiger partial charge in [0.05, 0.1) is 6.04 Å². The first kappa shape index (κ1) is 16.4. The molecule has 0 saturated carbocycles. The number of hydrogen-bond donors (Lipinski definition) is 3. The molecule has 2 bridgehead atoms. The monoisotopic (exact) mass is 348 g/mol. The number of hydroxylamine groups is 2. The zero-order valence-electron chi connectivity index (χ0n) is 12.5. The Morgan fingerprint density at radius 3 is 2.78 bits per heavy atom. The molecule has 3 saturated heterocycles. The third-order valence-corrected chi connectivity index (χ3v) is 4.79. The zero-order valence-corrected chi connectivity index (χ0v) is 13.3. The lowest BCUT2D eigenvalue weighted by atomic mass is 9.99. The molecule has 10 nitrogen and oxygen atoms in total. The van der Waals surface area contributed by atoms with Crippen molar-refractivity contribution in [1.82, 2.24) is 20.6 Å². The van der Waals surface area contributed by atoms with Crippen LogP contribution in [0.5, 0.6) is 0 Å². The van der Waals surface area contributed by atoms with Crippen molar-refractivity contribution in [3.05, 3.63) is 0 Å². The van der Waals surface area contributed by atoms with Gasteiger partial charge in [-0.15, -0.1) is 4.28 Å². The predicted molar refractivity (Wildman–Crippen MR) is 77.4 cm³/mol. The Morgan fingerprint density at radius 2 is 2.13 bits per heavy atom. The van der Waals surface area contributed by atoms with E-state index in [0.717, 1.165) is 19.4 Å². The Labute approximate surface area is 134 Å². The van der Waals surface area contributed by atoms with Crippen LogP contribution in [0.25, 0.3) is 0 Å². The van der Waals surface area contributed by atoms with E-state index < -0.39 is 28.5 Å². The third-order valence-electron chi connectivity index (χ3n) is 4.44. The zero-order chi connectivity index (χ0) is 16.6. The second-order valence-corrected chi connectivity index (χ2v) is 7.07. The topological polar surface area (TPSA) is 128 Å². The fraction of sp³-hybridized carbons (Fsp3) is 0.833. The summed E-state index contributed by atoms with van der Waals surface area (Å²) in [5, 5.41) is 6.78. The number of urea groups is 1. The maximum atomic E-state index is 12.4. The van der Waals surface area contributed by atoms with Crippen LogP contribution in [0, 0.1) is 0 Å². The molecule has 130 valence electrons. The van der Waals surface area contributed by atoms with Crippen LogP contribution in [-0.2, 0) is 19.5 Å². The second kappa shape index (κ2) is 6.23. The largest absolute Gasteiger partial charge is 0.418 e. The summed E-state index contributed by atoms with van der Waals surface area (Å²) in [6, 6.07) is -1.80. The molecule has 3 aliphatic rings. The number of nitrogens with one attached hydrogen (secondary N) is 2. The molecule has 1 unspecified atom stereocenters. The summed E-state index contributed by atoms with van der Waals surface area (Å²) in [4.78, 5) is 26.0. The minimum absolute atomic E-state index is 0.0388. The standard InChI is InChI=1S/C12H20N4O6S/c17-11(14-8-2-1-5-13-6-8)10-4-3-9-7-15(10)12(18)16(9)22-23(19,20)21/h8-10,13H,1-7H2,(H,14,17)(H,19,20,21)/t8?,9-,10+/m1/s1. The van der Waals surface area contributed by atoms with E-state index in [2.05, 4.69) is 14.9 Å². The average molecular weight is 348 g/mol. The SMILES string of the molecule is O=C(NC1CCCNC1)[C@@H]1CC[C@@H]2CN1C(=O)N2OS(=O)(=O)O. The molecule has 0 radical (unpaired) electrons. The number of nitrogens with zero attached hydrogens (tertiary/aromatic N) is 2. The Kier molecular flexibility index (Phi) is 4.45. The first-order valence-electron chi connectivity index (χ1n) is 7.63. The van der Waals surface area contributed by atoms with E-state index in [0.29, 0.717) is 24.4 Å². The summed E-state index contributed by atoms with van der Waals surface area (Å²) >= 11 is 0. The molecule has 23 heavy (non-hydrogen) atoms. The molecule has 3 rings (SSSR count). The fourth-order valence-corrected chi connectivity index (χ4v) is 3.76. The van der Waals surface area contributed by atoms with Crippen LogP contribution in [0.1, 0.15) is 25.7 Å². The highest BCUT2D eigenvalue weighted by Crippen LogP contribution is 2.30. The Bertz CT molecular complexity index is 590. The summed E-state index contributed by atoms with van der Waals surface area (Å²) in [7, 11) is -4.77. The van der Waals surface area contributed by atoms with Gasteiger partial charge in [-0.2, -0.15) is 13.5 Å². The number of fused-ring (bicyclic) bond motifs is 2. The minimum Gasteiger partial charge on any atom is -0.350 e.